The molecule has 0 aliphatic carbocycles. The van der Waals surface area contributed by atoms with Crippen LogP contribution in [-0.2, 0) is 9.53 Å². The molecule has 7 nitrogen and oxygen atoms in total. The van der Waals surface area contributed by atoms with Gasteiger partial charge in [0.1, 0.15) is 6.10 Å². The second kappa shape index (κ2) is 7.16. The first-order valence-corrected chi connectivity index (χ1v) is 6.86. The highest BCUT2D eigenvalue weighted by molar-refractivity contribution is 5.93. The molecule has 0 spiro atoms. The van der Waals surface area contributed by atoms with E-state index in [4.69, 9.17) is 4.74 Å². The van der Waals surface area contributed by atoms with Gasteiger partial charge in [0.2, 0.25) is 5.95 Å². The van der Waals surface area contributed by atoms with E-state index in [0.29, 0.717) is 18.1 Å². The molecule has 2 rings (SSSR count). The summed E-state index contributed by atoms with van der Waals surface area (Å²) in [6, 6.07) is 0. The minimum Gasteiger partial charge on any atom is -0.372 e. The van der Waals surface area contributed by atoms with Crippen LogP contribution in [0.5, 0.6) is 0 Å². The molecule has 1 atom stereocenters. The monoisotopic (exact) mass is 279 g/mol. The van der Waals surface area contributed by atoms with Crippen molar-refractivity contribution in [3.05, 3.63) is 12.4 Å². The van der Waals surface area contributed by atoms with Crippen LogP contribution in [0, 0.1) is 0 Å². The molecule has 20 heavy (non-hydrogen) atoms. The van der Waals surface area contributed by atoms with Crippen molar-refractivity contribution in [1.29, 1.82) is 0 Å². The molecule has 0 radical (unpaired) electrons. The molecule has 1 aliphatic heterocycles. The van der Waals surface area contributed by atoms with E-state index < -0.39 is 6.10 Å². The summed E-state index contributed by atoms with van der Waals surface area (Å²) in [6.45, 7) is 5.57. The summed E-state index contributed by atoms with van der Waals surface area (Å²) in [4.78, 5) is 22.6. The van der Waals surface area contributed by atoms with Gasteiger partial charge in [0.15, 0.2) is 0 Å². The van der Waals surface area contributed by atoms with Gasteiger partial charge in [0, 0.05) is 33.3 Å². The van der Waals surface area contributed by atoms with Crippen molar-refractivity contribution in [3.8, 4) is 0 Å². The molecule has 7 heteroatoms. The fraction of sp³-hybridized carbons (Fsp3) is 0.615. The molecule has 0 aromatic carbocycles. The van der Waals surface area contributed by atoms with Gasteiger partial charge in [-0.25, -0.2) is 9.97 Å². The summed E-state index contributed by atoms with van der Waals surface area (Å²) >= 11 is 0. The number of nitrogens with zero attached hydrogens (tertiary/aromatic N) is 3. The number of nitrogens with one attached hydrogen (secondary N) is 2. The van der Waals surface area contributed by atoms with E-state index in [-0.39, 0.29) is 5.91 Å². The lowest BCUT2D eigenvalue weighted by Gasteiger charge is -2.27. The van der Waals surface area contributed by atoms with Gasteiger partial charge in [-0.1, -0.05) is 6.92 Å². The lowest BCUT2D eigenvalue weighted by atomic mass is 10.2. The van der Waals surface area contributed by atoms with Gasteiger partial charge in [0.05, 0.1) is 18.1 Å². The average Bonchev–Trinajstić information content (AvgIpc) is 2.50. The van der Waals surface area contributed by atoms with Crippen LogP contribution in [-0.4, -0.2) is 55.3 Å². The van der Waals surface area contributed by atoms with Crippen molar-refractivity contribution in [2.75, 3.05) is 43.5 Å². The maximum atomic E-state index is 11.9. The van der Waals surface area contributed by atoms with Crippen molar-refractivity contribution in [2.24, 2.45) is 0 Å². The Labute approximate surface area is 118 Å². The highest BCUT2D eigenvalue weighted by Crippen LogP contribution is 2.11. The number of carbonyl (C=O) groups excluding carboxylic acids is 1. The Morgan fingerprint density at radius 1 is 1.45 bits per heavy atom. The van der Waals surface area contributed by atoms with Gasteiger partial charge in [0.25, 0.3) is 5.91 Å². The minimum atomic E-state index is -0.442. The number of rotatable bonds is 5. The average molecular weight is 279 g/mol. The van der Waals surface area contributed by atoms with E-state index in [1.54, 1.807) is 12.4 Å². The van der Waals surface area contributed by atoms with Crippen LogP contribution in [0.2, 0.25) is 0 Å². The summed E-state index contributed by atoms with van der Waals surface area (Å²) in [5.74, 6) is 0.525. The van der Waals surface area contributed by atoms with Crippen LogP contribution >= 0.6 is 0 Å². The number of carbonyl (C=O) groups is 1. The Hall–Kier alpha value is -1.73. The van der Waals surface area contributed by atoms with Crippen LogP contribution in [0.15, 0.2) is 12.4 Å². The number of hydrogen-bond acceptors (Lipinski definition) is 6. The Balaban J connectivity index is 1.95. The molecule has 1 amide bonds. The zero-order valence-corrected chi connectivity index (χ0v) is 11.9. The van der Waals surface area contributed by atoms with Crippen molar-refractivity contribution in [1.82, 2.24) is 15.3 Å². The van der Waals surface area contributed by atoms with Gasteiger partial charge < -0.3 is 20.3 Å². The Kier molecular flexibility index (Phi) is 5.25. The fourth-order valence-electron chi connectivity index (χ4n) is 2.10. The molecule has 2 N–H and O–H groups in total. The predicted octanol–water partition coefficient (Wildman–Crippen LogP) is 0.250. The molecule has 1 aromatic heterocycles. The number of methoxy groups -OCH3 is 1. The second-order valence-corrected chi connectivity index (χ2v) is 4.63. The Morgan fingerprint density at radius 2 is 2.10 bits per heavy atom. The number of hydrogen-bond donors (Lipinski definition) is 2. The number of piperazine rings is 1. The van der Waals surface area contributed by atoms with Crippen molar-refractivity contribution < 1.29 is 9.53 Å². The molecular weight excluding hydrogens is 258 g/mol. The van der Waals surface area contributed by atoms with Gasteiger partial charge in [-0.05, 0) is 6.42 Å². The quantitative estimate of drug-likeness (QED) is 0.804. The minimum absolute atomic E-state index is 0.173. The van der Waals surface area contributed by atoms with Crippen LogP contribution in [0.25, 0.3) is 0 Å². The molecule has 2 heterocycles. The van der Waals surface area contributed by atoms with E-state index in [9.17, 15) is 4.79 Å². The molecule has 1 aromatic rings. The predicted molar refractivity (Wildman–Crippen MR) is 76.8 cm³/mol. The summed E-state index contributed by atoms with van der Waals surface area (Å²) in [5.41, 5.74) is 0.587. The van der Waals surface area contributed by atoms with Gasteiger partial charge in [-0.2, -0.15) is 0 Å². The van der Waals surface area contributed by atoms with E-state index in [2.05, 4.69) is 25.5 Å². The largest absolute Gasteiger partial charge is 0.372 e. The SMILES string of the molecule is CCC(OC)C(=O)Nc1cnc(N2CCNCC2)nc1. The zero-order chi connectivity index (χ0) is 14.4. The molecule has 1 saturated heterocycles. The number of amides is 1. The maximum absolute atomic E-state index is 11.9. The summed E-state index contributed by atoms with van der Waals surface area (Å²) in [5, 5.41) is 6.03. The van der Waals surface area contributed by atoms with E-state index in [1.807, 2.05) is 6.92 Å². The molecule has 0 saturated carbocycles. The van der Waals surface area contributed by atoms with Crippen LogP contribution < -0.4 is 15.5 Å². The topological polar surface area (TPSA) is 79.4 Å². The summed E-state index contributed by atoms with van der Waals surface area (Å²) < 4.78 is 5.08. The molecular formula is C13H21N5O2. The van der Waals surface area contributed by atoms with Gasteiger partial charge in [-0.15, -0.1) is 0 Å². The number of ether oxygens (including phenoxy) is 1. The maximum Gasteiger partial charge on any atom is 0.253 e. The molecule has 0 bridgehead atoms. The molecule has 1 fully saturated rings. The normalized spacial score (nSPS) is 16.8. The van der Waals surface area contributed by atoms with Crippen LogP contribution in [0.4, 0.5) is 11.6 Å². The fourth-order valence-corrected chi connectivity index (χ4v) is 2.10. The molecule has 1 unspecified atom stereocenters. The third-order valence-electron chi connectivity index (χ3n) is 3.25. The molecule has 110 valence electrons. The number of aromatic nitrogens is 2. The lowest BCUT2D eigenvalue weighted by molar-refractivity contribution is -0.125. The first-order chi connectivity index (χ1) is 9.74. The second-order valence-electron chi connectivity index (χ2n) is 4.63. The highest BCUT2D eigenvalue weighted by atomic mass is 16.5. The number of anilines is 2. The van der Waals surface area contributed by atoms with E-state index >= 15 is 0 Å². The lowest BCUT2D eigenvalue weighted by Crippen LogP contribution is -2.44. The van der Waals surface area contributed by atoms with Crippen molar-refractivity contribution in [3.63, 3.8) is 0 Å². The van der Waals surface area contributed by atoms with E-state index in [1.165, 1.54) is 7.11 Å². The van der Waals surface area contributed by atoms with Gasteiger partial charge in [-0.3, -0.25) is 4.79 Å². The standard InChI is InChI=1S/C13H21N5O2/c1-3-11(20-2)12(19)17-10-8-15-13(16-9-10)18-6-4-14-5-7-18/h8-9,11,14H,3-7H2,1-2H3,(H,17,19). The zero-order valence-electron chi connectivity index (χ0n) is 11.9. The van der Waals surface area contributed by atoms with Crippen LogP contribution in [0.3, 0.4) is 0 Å². The first-order valence-electron chi connectivity index (χ1n) is 6.86. The third kappa shape index (κ3) is 3.64. The van der Waals surface area contributed by atoms with Crippen molar-refractivity contribution in [2.45, 2.75) is 19.4 Å². The first kappa shape index (κ1) is 14.7. The smallest absolute Gasteiger partial charge is 0.253 e. The molecule has 1 aliphatic rings. The van der Waals surface area contributed by atoms with E-state index in [0.717, 1.165) is 26.2 Å². The van der Waals surface area contributed by atoms with Gasteiger partial charge >= 0.3 is 0 Å². The summed E-state index contributed by atoms with van der Waals surface area (Å²) in [7, 11) is 1.53. The Bertz CT molecular complexity index is 427. The summed E-state index contributed by atoms with van der Waals surface area (Å²) in [6.07, 6.45) is 3.44. The third-order valence-corrected chi connectivity index (χ3v) is 3.25. The Morgan fingerprint density at radius 3 is 2.65 bits per heavy atom. The highest BCUT2D eigenvalue weighted by Gasteiger charge is 2.16. The van der Waals surface area contributed by atoms with Crippen LogP contribution in [0.1, 0.15) is 13.3 Å². The van der Waals surface area contributed by atoms with Crippen molar-refractivity contribution >= 4 is 17.5 Å².